The summed E-state index contributed by atoms with van der Waals surface area (Å²) in [4.78, 5) is 17.4. The molecule has 0 fully saturated rings. The largest absolute Gasteiger partial charge is 0.319 e. The number of aryl methyl sites for hydroxylation is 1. The number of pyridine rings is 1. The van der Waals surface area contributed by atoms with Crippen LogP contribution in [0.4, 0.5) is 10.1 Å². The first-order valence-corrected chi connectivity index (χ1v) is 8.45. The molecule has 0 bridgehead atoms. The molecule has 1 N–H and O–H groups in total. The van der Waals surface area contributed by atoms with Crippen LogP contribution in [-0.4, -0.2) is 10.9 Å². The first-order valence-electron chi connectivity index (χ1n) is 7.66. The van der Waals surface area contributed by atoms with Gasteiger partial charge in [-0.05, 0) is 43.2 Å². The minimum Gasteiger partial charge on any atom is -0.319 e. The van der Waals surface area contributed by atoms with Crippen molar-refractivity contribution in [1.82, 2.24) is 4.98 Å². The highest BCUT2D eigenvalue weighted by atomic mass is 79.9. The van der Waals surface area contributed by atoms with Gasteiger partial charge in [0.05, 0.1) is 16.8 Å². The summed E-state index contributed by atoms with van der Waals surface area (Å²) >= 11 is 3.21. The normalized spacial score (nSPS) is 10.8. The molecular weight excluding hydrogens is 371 g/mol. The fourth-order valence-corrected chi connectivity index (χ4v) is 3.10. The Morgan fingerprint density at radius 1 is 1.25 bits per heavy atom. The number of anilines is 1. The first kappa shape index (κ1) is 16.6. The monoisotopic (exact) mass is 386 g/mol. The summed E-state index contributed by atoms with van der Waals surface area (Å²) < 4.78 is 14.7. The van der Waals surface area contributed by atoms with E-state index in [4.69, 9.17) is 0 Å². The molecule has 5 heteroatoms. The summed E-state index contributed by atoms with van der Waals surface area (Å²) in [5, 5.41) is 3.44. The van der Waals surface area contributed by atoms with Gasteiger partial charge in [0.15, 0.2) is 0 Å². The third-order valence-corrected chi connectivity index (χ3v) is 4.47. The zero-order valence-electron chi connectivity index (χ0n) is 13.4. The van der Waals surface area contributed by atoms with E-state index in [1.165, 1.54) is 12.1 Å². The molecule has 0 aliphatic heterocycles. The van der Waals surface area contributed by atoms with Gasteiger partial charge in [0, 0.05) is 15.6 Å². The molecule has 3 nitrogen and oxygen atoms in total. The maximum absolute atomic E-state index is 14.0. The minimum atomic E-state index is -0.482. The standard InChI is InChI=1S/C19H16BrFN2O/c1-3-15-11(2)18(13-6-4-5-7-16(13)22-15)19(24)23-17-9-8-12(20)10-14(17)21/h4-10H,3H2,1-2H3,(H,23,24). The fourth-order valence-electron chi connectivity index (χ4n) is 2.77. The van der Waals surface area contributed by atoms with Crippen LogP contribution in [0.5, 0.6) is 0 Å². The number of fused-ring (bicyclic) bond motifs is 1. The van der Waals surface area contributed by atoms with Gasteiger partial charge in [0.1, 0.15) is 5.82 Å². The Morgan fingerprint density at radius 2 is 2.00 bits per heavy atom. The van der Waals surface area contributed by atoms with Crippen molar-refractivity contribution < 1.29 is 9.18 Å². The molecule has 2 aromatic carbocycles. The Balaban J connectivity index is 2.10. The summed E-state index contributed by atoms with van der Waals surface area (Å²) in [5.74, 6) is -0.813. The van der Waals surface area contributed by atoms with Crippen LogP contribution in [0.2, 0.25) is 0 Å². The van der Waals surface area contributed by atoms with E-state index in [1.807, 2.05) is 38.1 Å². The predicted molar refractivity (Wildman–Crippen MR) is 97.9 cm³/mol. The second-order valence-electron chi connectivity index (χ2n) is 5.51. The molecule has 0 saturated heterocycles. The van der Waals surface area contributed by atoms with Crippen LogP contribution in [0.15, 0.2) is 46.9 Å². The number of para-hydroxylation sites is 1. The molecule has 24 heavy (non-hydrogen) atoms. The average molecular weight is 387 g/mol. The van der Waals surface area contributed by atoms with Crippen molar-refractivity contribution in [2.24, 2.45) is 0 Å². The van der Waals surface area contributed by atoms with Gasteiger partial charge in [-0.1, -0.05) is 41.1 Å². The van der Waals surface area contributed by atoms with E-state index in [0.717, 1.165) is 28.6 Å². The fraction of sp³-hybridized carbons (Fsp3) is 0.158. The van der Waals surface area contributed by atoms with Crippen LogP contribution >= 0.6 is 15.9 Å². The number of nitrogens with one attached hydrogen (secondary N) is 1. The number of nitrogens with zero attached hydrogens (tertiary/aromatic N) is 1. The third-order valence-electron chi connectivity index (χ3n) is 3.98. The lowest BCUT2D eigenvalue weighted by molar-refractivity contribution is 0.102. The number of carbonyl (C=O) groups excluding carboxylic acids is 1. The number of amides is 1. The average Bonchev–Trinajstić information content (AvgIpc) is 2.56. The molecule has 1 aromatic heterocycles. The number of halogens is 2. The van der Waals surface area contributed by atoms with Crippen molar-refractivity contribution >= 4 is 38.4 Å². The molecule has 0 aliphatic rings. The first-order chi connectivity index (χ1) is 11.5. The summed E-state index contributed by atoms with van der Waals surface area (Å²) in [6, 6.07) is 12.0. The molecule has 1 amide bonds. The van der Waals surface area contributed by atoms with E-state index >= 15 is 0 Å². The molecular formula is C19H16BrFN2O. The highest BCUT2D eigenvalue weighted by Crippen LogP contribution is 2.26. The Hall–Kier alpha value is -2.27. The molecule has 0 radical (unpaired) electrons. The Morgan fingerprint density at radius 3 is 2.71 bits per heavy atom. The molecule has 122 valence electrons. The Labute approximate surface area is 148 Å². The van der Waals surface area contributed by atoms with E-state index in [1.54, 1.807) is 6.07 Å². The van der Waals surface area contributed by atoms with Crippen molar-refractivity contribution in [3.8, 4) is 0 Å². The zero-order valence-corrected chi connectivity index (χ0v) is 14.9. The smallest absolute Gasteiger partial charge is 0.256 e. The molecule has 0 atom stereocenters. The maximum Gasteiger partial charge on any atom is 0.256 e. The predicted octanol–water partition coefficient (Wildman–Crippen LogP) is 5.26. The lowest BCUT2D eigenvalue weighted by Gasteiger charge is -2.14. The highest BCUT2D eigenvalue weighted by molar-refractivity contribution is 9.10. The second-order valence-corrected chi connectivity index (χ2v) is 6.42. The molecule has 1 heterocycles. The minimum absolute atomic E-state index is 0.154. The van der Waals surface area contributed by atoms with Gasteiger partial charge in [0.25, 0.3) is 5.91 Å². The molecule has 3 rings (SSSR count). The van der Waals surface area contributed by atoms with E-state index in [9.17, 15) is 9.18 Å². The van der Waals surface area contributed by atoms with Gasteiger partial charge in [-0.3, -0.25) is 9.78 Å². The van der Waals surface area contributed by atoms with E-state index in [0.29, 0.717) is 10.0 Å². The number of carbonyl (C=O) groups is 1. The van der Waals surface area contributed by atoms with E-state index in [2.05, 4.69) is 26.2 Å². The molecule has 0 aliphatic carbocycles. The van der Waals surface area contributed by atoms with Gasteiger partial charge >= 0.3 is 0 Å². The van der Waals surface area contributed by atoms with Crippen LogP contribution in [-0.2, 0) is 6.42 Å². The van der Waals surface area contributed by atoms with E-state index < -0.39 is 5.82 Å². The number of rotatable bonds is 3. The lowest BCUT2D eigenvalue weighted by Crippen LogP contribution is -2.16. The summed E-state index contributed by atoms with van der Waals surface area (Å²) in [7, 11) is 0. The Bertz CT molecular complexity index is 940. The van der Waals surface area contributed by atoms with Gasteiger partial charge in [0.2, 0.25) is 0 Å². The van der Waals surface area contributed by atoms with Gasteiger partial charge in [-0.2, -0.15) is 0 Å². The van der Waals surface area contributed by atoms with Crippen molar-refractivity contribution in [3.63, 3.8) is 0 Å². The molecule has 3 aromatic rings. The number of aromatic nitrogens is 1. The zero-order chi connectivity index (χ0) is 17.3. The number of hydrogen-bond donors (Lipinski definition) is 1. The van der Waals surface area contributed by atoms with Gasteiger partial charge in [-0.25, -0.2) is 4.39 Å². The SMILES string of the molecule is CCc1nc2ccccc2c(C(=O)Nc2ccc(Br)cc2F)c1C. The quantitative estimate of drug-likeness (QED) is 0.666. The molecule has 0 saturated carbocycles. The summed E-state index contributed by atoms with van der Waals surface area (Å²) in [5.41, 5.74) is 3.16. The van der Waals surface area contributed by atoms with E-state index in [-0.39, 0.29) is 11.6 Å². The summed E-state index contributed by atoms with van der Waals surface area (Å²) in [6.07, 6.45) is 0.726. The van der Waals surface area contributed by atoms with Crippen molar-refractivity contribution in [2.45, 2.75) is 20.3 Å². The van der Waals surface area contributed by atoms with Crippen LogP contribution < -0.4 is 5.32 Å². The summed E-state index contributed by atoms with van der Waals surface area (Å²) in [6.45, 7) is 3.88. The van der Waals surface area contributed by atoms with Crippen LogP contribution in [0.1, 0.15) is 28.5 Å². The highest BCUT2D eigenvalue weighted by Gasteiger charge is 2.18. The number of hydrogen-bond acceptors (Lipinski definition) is 2. The molecule has 0 spiro atoms. The van der Waals surface area contributed by atoms with Crippen LogP contribution in [0, 0.1) is 12.7 Å². The van der Waals surface area contributed by atoms with Crippen molar-refractivity contribution in [3.05, 3.63) is 69.6 Å². The number of benzene rings is 2. The Kier molecular flexibility index (Phi) is 4.62. The van der Waals surface area contributed by atoms with Crippen LogP contribution in [0.25, 0.3) is 10.9 Å². The van der Waals surface area contributed by atoms with Crippen molar-refractivity contribution in [2.75, 3.05) is 5.32 Å². The maximum atomic E-state index is 14.0. The third kappa shape index (κ3) is 3.04. The van der Waals surface area contributed by atoms with Gasteiger partial charge in [-0.15, -0.1) is 0 Å². The van der Waals surface area contributed by atoms with Crippen LogP contribution in [0.3, 0.4) is 0 Å². The lowest BCUT2D eigenvalue weighted by atomic mass is 9.99. The second kappa shape index (κ2) is 6.69. The molecule has 0 unspecified atom stereocenters. The van der Waals surface area contributed by atoms with Crippen molar-refractivity contribution in [1.29, 1.82) is 0 Å². The topological polar surface area (TPSA) is 42.0 Å². The van der Waals surface area contributed by atoms with Gasteiger partial charge < -0.3 is 5.32 Å².